The molecule has 2 fully saturated rings. The van der Waals surface area contributed by atoms with Gasteiger partial charge in [-0.3, -0.25) is 4.79 Å². The van der Waals surface area contributed by atoms with Crippen LogP contribution in [0.25, 0.3) is 0 Å². The number of carbonyl (C=O) groups excluding carboxylic acids is 2. The van der Waals surface area contributed by atoms with Gasteiger partial charge in [-0.15, -0.1) is 0 Å². The number of carboxylic acid groups (broad SMARTS) is 3. The largest absolute Gasteiger partial charge is 0.508 e. The molecule has 1 aromatic rings. The fraction of sp³-hybridized carbons (Fsp3) is 0.658. The summed E-state index contributed by atoms with van der Waals surface area (Å²) in [5.41, 5.74) is -6.34. The molecular formula is C38H54O15. The second kappa shape index (κ2) is 19.3. The predicted molar refractivity (Wildman–Crippen MR) is 187 cm³/mol. The first-order valence-electron chi connectivity index (χ1n) is 18.3. The van der Waals surface area contributed by atoms with Crippen LogP contribution in [0.15, 0.2) is 42.5 Å². The van der Waals surface area contributed by atoms with Crippen LogP contribution in [0, 0.1) is 5.92 Å². The number of aliphatic carboxylic acids is 3. The summed E-state index contributed by atoms with van der Waals surface area (Å²) in [5.74, 6) is -10.4. The number of aliphatic hydroxyl groups is 2. The monoisotopic (exact) mass is 750 g/mol. The lowest BCUT2D eigenvalue weighted by atomic mass is 9.74. The lowest BCUT2D eigenvalue weighted by molar-refractivity contribution is -0.374. The zero-order chi connectivity index (χ0) is 39.4. The van der Waals surface area contributed by atoms with E-state index in [0.717, 1.165) is 31.2 Å². The maximum absolute atomic E-state index is 13.0. The molecular weight excluding hydrogens is 696 g/mol. The van der Waals surface area contributed by atoms with E-state index < -0.39 is 77.9 Å². The molecule has 3 rings (SSSR count). The summed E-state index contributed by atoms with van der Waals surface area (Å²) < 4.78 is 27.0. The second-order valence-corrected chi connectivity index (χ2v) is 14.0. The van der Waals surface area contributed by atoms with Gasteiger partial charge >= 0.3 is 30.0 Å². The van der Waals surface area contributed by atoms with Crippen molar-refractivity contribution in [2.24, 2.45) is 5.92 Å². The van der Waals surface area contributed by atoms with E-state index in [1.807, 2.05) is 30.3 Å². The van der Waals surface area contributed by atoms with Crippen molar-refractivity contribution in [1.29, 1.82) is 0 Å². The first-order chi connectivity index (χ1) is 25.1. The van der Waals surface area contributed by atoms with Crippen molar-refractivity contribution in [2.75, 3.05) is 6.61 Å². The van der Waals surface area contributed by atoms with Gasteiger partial charge in [-0.1, -0.05) is 109 Å². The summed E-state index contributed by atoms with van der Waals surface area (Å²) in [6.45, 7) is 9.03. The fourth-order valence-corrected chi connectivity index (χ4v) is 7.18. The molecule has 0 aliphatic carbocycles. The highest BCUT2D eigenvalue weighted by Crippen LogP contribution is 2.56. The summed E-state index contributed by atoms with van der Waals surface area (Å²) in [4.78, 5) is 62.9. The van der Waals surface area contributed by atoms with Gasteiger partial charge < -0.3 is 49.2 Å². The fourth-order valence-electron chi connectivity index (χ4n) is 7.18. The molecule has 0 saturated carbocycles. The van der Waals surface area contributed by atoms with E-state index in [2.05, 4.69) is 13.5 Å². The lowest BCUT2D eigenvalue weighted by Crippen LogP contribution is -2.78. The Morgan fingerprint density at radius 2 is 1.49 bits per heavy atom. The number of rotatable bonds is 23. The zero-order valence-electron chi connectivity index (χ0n) is 30.7. The highest BCUT2D eigenvalue weighted by atomic mass is 16.8. The van der Waals surface area contributed by atoms with Crippen molar-refractivity contribution in [1.82, 2.24) is 0 Å². The number of benzene rings is 1. The highest BCUT2D eigenvalue weighted by molar-refractivity contribution is 5.98. The predicted octanol–water partition coefficient (Wildman–Crippen LogP) is 4.79. The van der Waals surface area contributed by atoms with Crippen LogP contribution in [0.5, 0.6) is 0 Å². The number of hydrogen-bond acceptors (Lipinski definition) is 12. The Morgan fingerprint density at radius 1 is 0.906 bits per heavy atom. The molecule has 1 aromatic carbocycles. The Hall–Kier alpha value is -4.05. The molecule has 0 spiro atoms. The number of unbranched alkanes of at least 4 members (excludes halogenated alkanes) is 9. The van der Waals surface area contributed by atoms with E-state index in [-0.39, 0.29) is 24.5 Å². The van der Waals surface area contributed by atoms with E-state index in [4.69, 9.17) is 23.7 Å². The number of esters is 1. The zero-order valence-corrected chi connectivity index (χ0v) is 30.7. The first-order valence-corrected chi connectivity index (χ1v) is 18.3. The maximum atomic E-state index is 13.0. The molecule has 2 saturated heterocycles. The summed E-state index contributed by atoms with van der Waals surface area (Å²) in [7, 11) is 0. The van der Waals surface area contributed by atoms with Crippen molar-refractivity contribution >= 4 is 30.0 Å². The SMILES string of the molecule is C=C(CC[C@]12O[C@H](C(=O)O)[C@@](O)(C(=O)O)[C@](C(=O)O)(O1)[C@H](OC(=O)OCCCCCCCCCCCC)[C@H]2O)[C@@H](OC(C)=O)[C@H](C)Cc1ccccc1. The number of carboxylic acids is 3. The molecule has 5 N–H and O–H groups in total. The molecule has 0 unspecified atom stereocenters. The van der Waals surface area contributed by atoms with Gasteiger partial charge in [-0.05, 0) is 30.4 Å². The molecule has 15 nitrogen and oxygen atoms in total. The van der Waals surface area contributed by atoms with E-state index in [1.54, 1.807) is 6.92 Å². The van der Waals surface area contributed by atoms with E-state index in [9.17, 15) is 49.5 Å². The standard InChI is InChI=1S/C38H54O15/c1-5-6-7-8-9-10-11-12-13-17-22-49-35(47)51-30-29(40)36(52-31(32(41)42)37(48,33(43)44)38(30,53-36)34(45)46)21-20-24(2)28(50-26(4)39)25(3)23-27-18-15-14-16-19-27/h14-16,18-19,25,28-31,40,48H,2,5-13,17,20-23H2,1,3-4H3,(H,41,42)(H,43,44)(H,45,46)/t25-,28-,29-,30-,31-,36+,37-,38+/m1/s1. The number of aliphatic hydroxyl groups excluding tert-OH is 1. The Labute approximate surface area is 309 Å². The summed E-state index contributed by atoms with van der Waals surface area (Å²) >= 11 is 0. The lowest BCUT2D eigenvalue weighted by Gasteiger charge is -2.48. The van der Waals surface area contributed by atoms with Crippen LogP contribution in [0.4, 0.5) is 4.79 Å². The molecule has 8 atom stereocenters. The molecule has 2 aliphatic rings. The molecule has 53 heavy (non-hydrogen) atoms. The third-order valence-electron chi connectivity index (χ3n) is 9.95. The number of ether oxygens (including phenoxy) is 5. The smallest absolute Gasteiger partial charge is 0.479 e. The molecule has 0 radical (unpaired) electrons. The minimum Gasteiger partial charge on any atom is -0.479 e. The summed E-state index contributed by atoms with van der Waals surface area (Å²) in [5, 5.41) is 53.6. The van der Waals surface area contributed by atoms with Crippen molar-refractivity contribution in [3.8, 4) is 0 Å². The van der Waals surface area contributed by atoms with E-state index in [0.29, 0.717) is 19.3 Å². The van der Waals surface area contributed by atoms with Gasteiger partial charge in [0.2, 0.25) is 17.5 Å². The number of carbonyl (C=O) groups is 5. The topological polar surface area (TPSA) is 233 Å². The molecule has 0 aromatic heterocycles. The second-order valence-electron chi connectivity index (χ2n) is 14.0. The van der Waals surface area contributed by atoms with Gasteiger partial charge in [-0.2, -0.15) is 0 Å². The van der Waals surface area contributed by atoms with Crippen LogP contribution in [-0.2, 0) is 49.3 Å². The van der Waals surface area contributed by atoms with Gasteiger partial charge in [0.25, 0.3) is 5.60 Å². The minimum atomic E-state index is -3.92. The van der Waals surface area contributed by atoms with Gasteiger partial charge in [-0.25, -0.2) is 19.2 Å². The van der Waals surface area contributed by atoms with Crippen molar-refractivity contribution in [2.45, 2.75) is 146 Å². The first kappa shape index (κ1) is 43.4. The number of fused-ring (bicyclic) bond motifs is 2. The Kier molecular flexibility index (Phi) is 15.8. The Bertz CT molecular complexity index is 1430. The Balaban J connectivity index is 1.81. The Morgan fingerprint density at radius 3 is 2.02 bits per heavy atom. The minimum absolute atomic E-state index is 0.153. The normalized spacial score (nSPS) is 27.3. The molecule has 296 valence electrons. The van der Waals surface area contributed by atoms with Gasteiger partial charge in [0.15, 0.2) is 6.10 Å². The van der Waals surface area contributed by atoms with Crippen LogP contribution in [-0.4, -0.2) is 104 Å². The van der Waals surface area contributed by atoms with Crippen LogP contribution in [0.1, 0.15) is 103 Å². The van der Waals surface area contributed by atoms with Crippen molar-refractivity contribution in [3.63, 3.8) is 0 Å². The van der Waals surface area contributed by atoms with Crippen LogP contribution >= 0.6 is 0 Å². The summed E-state index contributed by atoms with van der Waals surface area (Å²) in [6.07, 6.45) is -0.479. The van der Waals surface area contributed by atoms with Crippen LogP contribution in [0.3, 0.4) is 0 Å². The summed E-state index contributed by atoms with van der Waals surface area (Å²) in [6, 6.07) is 9.29. The quantitative estimate of drug-likeness (QED) is 0.0575. The molecule has 2 heterocycles. The average Bonchev–Trinajstić information content (AvgIpc) is 3.32. The molecule has 2 bridgehead atoms. The average molecular weight is 751 g/mol. The van der Waals surface area contributed by atoms with Crippen molar-refractivity contribution in [3.05, 3.63) is 48.0 Å². The highest BCUT2D eigenvalue weighted by Gasteiger charge is 2.86. The van der Waals surface area contributed by atoms with E-state index >= 15 is 0 Å². The van der Waals surface area contributed by atoms with Crippen molar-refractivity contribution < 1.29 is 73.2 Å². The van der Waals surface area contributed by atoms with Crippen LogP contribution in [0.2, 0.25) is 0 Å². The third-order valence-corrected chi connectivity index (χ3v) is 9.95. The number of hydrogen-bond donors (Lipinski definition) is 5. The molecule has 15 heteroatoms. The van der Waals surface area contributed by atoms with Gasteiger partial charge in [0.05, 0.1) is 6.61 Å². The van der Waals surface area contributed by atoms with Gasteiger partial charge in [0.1, 0.15) is 12.2 Å². The van der Waals surface area contributed by atoms with E-state index in [1.165, 1.54) is 32.6 Å². The van der Waals surface area contributed by atoms with Gasteiger partial charge in [0, 0.05) is 19.3 Å². The molecule has 0 amide bonds. The third kappa shape index (κ3) is 9.93. The maximum Gasteiger partial charge on any atom is 0.508 e. The molecule has 2 aliphatic heterocycles. The van der Waals surface area contributed by atoms with Crippen LogP contribution < -0.4 is 0 Å².